The Balaban J connectivity index is 1.83. The van der Waals surface area contributed by atoms with Crippen LogP contribution in [0, 0.1) is 0 Å². The summed E-state index contributed by atoms with van der Waals surface area (Å²) in [6.07, 6.45) is 0. The summed E-state index contributed by atoms with van der Waals surface area (Å²) >= 11 is 0. The van der Waals surface area contributed by atoms with Crippen LogP contribution in [0.1, 0.15) is 0 Å². The first-order valence-electron chi connectivity index (χ1n) is 7.61. The predicted octanol–water partition coefficient (Wildman–Crippen LogP) is -0.151. The molecule has 1 N–H and O–H groups in total. The zero-order chi connectivity index (χ0) is 17.4. The average molecular weight is 358 g/mol. The summed E-state index contributed by atoms with van der Waals surface area (Å²) in [5, 5.41) is 0. The Morgan fingerprint density at radius 3 is 2.54 bits per heavy atom. The fraction of sp³-hybridized carbons (Fsp3) is 0.533. The minimum atomic E-state index is -3.57. The Morgan fingerprint density at radius 2 is 1.92 bits per heavy atom. The van der Waals surface area contributed by atoms with Gasteiger partial charge >= 0.3 is 5.97 Å². The van der Waals surface area contributed by atoms with E-state index in [9.17, 15) is 13.2 Å². The third-order valence-corrected chi connectivity index (χ3v) is 5.02. The molecule has 9 heteroatoms. The normalized spacial score (nSPS) is 15.9. The molecule has 0 saturated carbocycles. The van der Waals surface area contributed by atoms with Gasteiger partial charge < -0.3 is 14.2 Å². The highest BCUT2D eigenvalue weighted by Gasteiger charge is 2.15. The number of rotatable bonds is 8. The fourth-order valence-electron chi connectivity index (χ4n) is 2.16. The zero-order valence-electron chi connectivity index (χ0n) is 13.6. The van der Waals surface area contributed by atoms with Gasteiger partial charge in [-0.3, -0.25) is 4.90 Å². The lowest BCUT2D eigenvalue weighted by Crippen LogP contribution is -2.41. The van der Waals surface area contributed by atoms with Gasteiger partial charge in [-0.15, -0.1) is 0 Å². The highest BCUT2D eigenvalue weighted by molar-refractivity contribution is 7.89. The van der Waals surface area contributed by atoms with E-state index >= 15 is 0 Å². The predicted molar refractivity (Wildman–Crippen MR) is 86.4 cm³/mol. The quantitative estimate of drug-likeness (QED) is 0.646. The van der Waals surface area contributed by atoms with Crippen LogP contribution < -0.4 is 9.46 Å². The highest BCUT2D eigenvalue weighted by atomic mass is 32.2. The number of carbonyl (C=O) groups excluding carboxylic acids is 1. The molecule has 1 saturated heterocycles. The van der Waals surface area contributed by atoms with Crippen molar-refractivity contribution in [3.63, 3.8) is 0 Å². The van der Waals surface area contributed by atoms with E-state index in [4.69, 9.17) is 9.47 Å². The van der Waals surface area contributed by atoms with Crippen LogP contribution in [0.5, 0.6) is 5.75 Å². The molecule has 0 aromatic heterocycles. The molecule has 0 bridgehead atoms. The molecule has 24 heavy (non-hydrogen) atoms. The van der Waals surface area contributed by atoms with E-state index in [0.717, 1.165) is 13.1 Å². The SMILES string of the molecule is COC(=O)COc1ccc(S(=O)(=O)NCCN2CCOCC2)cc1. The van der Waals surface area contributed by atoms with Crippen LogP contribution in [0.15, 0.2) is 29.2 Å². The summed E-state index contributed by atoms with van der Waals surface area (Å²) in [4.78, 5) is 13.3. The number of nitrogens with zero attached hydrogens (tertiary/aromatic N) is 1. The van der Waals surface area contributed by atoms with Gasteiger partial charge in [0.25, 0.3) is 0 Å². The Morgan fingerprint density at radius 1 is 1.25 bits per heavy atom. The molecule has 2 rings (SSSR count). The fourth-order valence-corrected chi connectivity index (χ4v) is 3.18. The molecule has 0 spiro atoms. The summed E-state index contributed by atoms with van der Waals surface area (Å²) < 4.78 is 41.9. The Hall–Kier alpha value is -1.68. The molecule has 8 nitrogen and oxygen atoms in total. The molecule has 1 aromatic rings. The smallest absolute Gasteiger partial charge is 0.343 e. The summed E-state index contributed by atoms with van der Waals surface area (Å²) in [6, 6.07) is 5.87. The lowest BCUT2D eigenvalue weighted by atomic mass is 10.3. The maximum atomic E-state index is 12.2. The van der Waals surface area contributed by atoms with Crippen molar-refractivity contribution >= 4 is 16.0 Å². The molecule has 1 heterocycles. The van der Waals surface area contributed by atoms with E-state index in [1.165, 1.54) is 31.4 Å². The highest BCUT2D eigenvalue weighted by Crippen LogP contribution is 2.15. The van der Waals surface area contributed by atoms with Crippen molar-refractivity contribution in [2.75, 3.05) is 53.1 Å². The van der Waals surface area contributed by atoms with Crippen LogP contribution in [-0.2, 0) is 24.3 Å². The molecule has 1 aliphatic heterocycles. The number of morpholine rings is 1. The van der Waals surface area contributed by atoms with E-state index in [0.29, 0.717) is 32.1 Å². The maximum absolute atomic E-state index is 12.2. The van der Waals surface area contributed by atoms with Gasteiger partial charge in [-0.05, 0) is 24.3 Å². The van der Waals surface area contributed by atoms with E-state index in [-0.39, 0.29) is 11.5 Å². The third kappa shape index (κ3) is 5.75. The van der Waals surface area contributed by atoms with Gasteiger partial charge in [-0.2, -0.15) is 0 Å². The molecule has 134 valence electrons. The number of hydrogen-bond donors (Lipinski definition) is 1. The van der Waals surface area contributed by atoms with Crippen LogP contribution in [0.4, 0.5) is 0 Å². The second-order valence-electron chi connectivity index (χ2n) is 5.19. The average Bonchev–Trinajstić information content (AvgIpc) is 2.60. The number of hydrogen-bond acceptors (Lipinski definition) is 7. The molecule has 1 aromatic carbocycles. The number of sulfonamides is 1. The topological polar surface area (TPSA) is 94.2 Å². The van der Waals surface area contributed by atoms with E-state index < -0.39 is 16.0 Å². The first-order chi connectivity index (χ1) is 11.5. The lowest BCUT2D eigenvalue weighted by Gasteiger charge is -2.26. The molecular weight excluding hydrogens is 336 g/mol. The second-order valence-corrected chi connectivity index (χ2v) is 6.95. The monoisotopic (exact) mass is 358 g/mol. The third-order valence-electron chi connectivity index (χ3n) is 3.54. The van der Waals surface area contributed by atoms with E-state index in [1.54, 1.807) is 0 Å². The number of carbonyl (C=O) groups is 1. The van der Waals surface area contributed by atoms with Gasteiger partial charge in [0.1, 0.15) is 5.75 Å². The van der Waals surface area contributed by atoms with Crippen molar-refractivity contribution in [1.82, 2.24) is 9.62 Å². The summed E-state index contributed by atoms with van der Waals surface area (Å²) in [7, 11) is -2.30. The van der Waals surface area contributed by atoms with E-state index in [2.05, 4.69) is 14.4 Å². The first-order valence-corrected chi connectivity index (χ1v) is 9.09. The van der Waals surface area contributed by atoms with Gasteiger partial charge in [-0.25, -0.2) is 17.9 Å². The lowest BCUT2D eigenvalue weighted by molar-refractivity contribution is -0.142. The summed E-state index contributed by atoms with van der Waals surface area (Å²) in [5.74, 6) is -0.107. The molecule has 0 atom stereocenters. The van der Waals surface area contributed by atoms with Crippen LogP contribution in [0.2, 0.25) is 0 Å². The van der Waals surface area contributed by atoms with Gasteiger partial charge in [0.2, 0.25) is 10.0 Å². The Bertz CT molecular complexity index is 626. The van der Waals surface area contributed by atoms with Crippen molar-refractivity contribution in [1.29, 1.82) is 0 Å². The van der Waals surface area contributed by atoms with Crippen LogP contribution in [0.3, 0.4) is 0 Å². The molecule has 0 aliphatic carbocycles. The van der Waals surface area contributed by atoms with Crippen molar-refractivity contribution in [3.8, 4) is 5.75 Å². The molecular formula is C15H22N2O6S. The number of benzene rings is 1. The number of nitrogens with one attached hydrogen (secondary N) is 1. The molecule has 0 amide bonds. The summed E-state index contributed by atoms with van der Waals surface area (Å²) in [6.45, 7) is 3.74. The Kier molecular flexibility index (Phi) is 6.98. The number of ether oxygens (including phenoxy) is 3. The summed E-state index contributed by atoms with van der Waals surface area (Å²) in [5.41, 5.74) is 0. The molecule has 1 fully saturated rings. The van der Waals surface area contributed by atoms with Crippen molar-refractivity contribution < 1.29 is 27.4 Å². The van der Waals surface area contributed by atoms with Crippen LogP contribution in [0.25, 0.3) is 0 Å². The van der Waals surface area contributed by atoms with Crippen molar-refractivity contribution in [2.45, 2.75) is 4.90 Å². The van der Waals surface area contributed by atoms with Gasteiger partial charge in [0.15, 0.2) is 6.61 Å². The van der Waals surface area contributed by atoms with Crippen LogP contribution in [-0.4, -0.2) is 72.4 Å². The Labute approximate surface area is 141 Å². The zero-order valence-corrected chi connectivity index (χ0v) is 14.4. The minimum absolute atomic E-state index is 0.148. The molecule has 1 aliphatic rings. The second kappa shape index (κ2) is 8.97. The number of esters is 1. The minimum Gasteiger partial charge on any atom is -0.482 e. The van der Waals surface area contributed by atoms with Crippen LogP contribution >= 0.6 is 0 Å². The maximum Gasteiger partial charge on any atom is 0.343 e. The standard InChI is InChI=1S/C15H22N2O6S/c1-21-15(18)12-23-13-2-4-14(5-3-13)24(19,20)16-6-7-17-8-10-22-11-9-17/h2-5,16H,6-12H2,1H3. The van der Waals surface area contributed by atoms with E-state index in [1.807, 2.05) is 0 Å². The van der Waals surface area contributed by atoms with Crippen molar-refractivity contribution in [3.05, 3.63) is 24.3 Å². The van der Waals surface area contributed by atoms with Crippen molar-refractivity contribution in [2.24, 2.45) is 0 Å². The number of methoxy groups -OCH3 is 1. The van der Waals surface area contributed by atoms with Gasteiger partial charge in [0, 0.05) is 26.2 Å². The largest absolute Gasteiger partial charge is 0.482 e. The molecule has 0 unspecified atom stereocenters. The first kappa shape index (κ1) is 18.7. The molecule has 0 radical (unpaired) electrons. The van der Waals surface area contributed by atoms with Gasteiger partial charge in [0.05, 0.1) is 25.2 Å². The van der Waals surface area contributed by atoms with Gasteiger partial charge in [-0.1, -0.05) is 0 Å².